The van der Waals surface area contributed by atoms with Crippen molar-refractivity contribution in [3.63, 3.8) is 0 Å². The summed E-state index contributed by atoms with van der Waals surface area (Å²) in [6, 6.07) is 15.3. The van der Waals surface area contributed by atoms with Crippen LogP contribution in [0.3, 0.4) is 0 Å². The van der Waals surface area contributed by atoms with Gasteiger partial charge in [0, 0.05) is 37.6 Å². The molecule has 0 unspecified atom stereocenters. The number of aromatic nitrogens is 2. The van der Waals surface area contributed by atoms with Crippen LogP contribution in [0.2, 0.25) is 0 Å². The van der Waals surface area contributed by atoms with Gasteiger partial charge in [0.25, 0.3) is 0 Å². The maximum atomic E-state index is 13.7. The first-order chi connectivity index (χ1) is 12.0. The molecule has 0 atom stereocenters. The Bertz CT molecular complexity index is 917. The van der Waals surface area contributed by atoms with E-state index in [1.807, 2.05) is 0 Å². The summed E-state index contributed by atoms with van der Waals surface area (Å²) in [5.74, 6) is -2.89. The third-order valence-corrected chi connectivity index (χ3v) is 2.86. The van der Waals surface area contributed by atoms with Gasteiger partial charge in [-0.05, 0) is 18.0 Å². The van der Waals surface area contributed by atoms with Crippen molar-refractivity contribution in [3.8, 4) is 17.3 Å². The van der Waals surface area contributed by atoms with E-state index >= 15 is 0 Å². The number of carboxylic acid groups (broad SMARTS) is 1. The minimum atomic E-state index is -1.05. The average molecular weight is 530 g/mol. The maximum absolute atomic E-state index is 13.7. The molecule has 1 N–H and O–H groups in total. The number of pyridine rings is 2. The number of halogens is 2. The molecule has 8 heteroatoms. The molecule has 0 aliphatic heterocycles. The van der Waals surface area contributed by atoms with Crippen molar-refractivity contribution < 1.29 is 38.8 Å². The van der Waals surface area contributed by atoms with E-state index in [1.54, 1.807) is 24.3 Å². The van der Waals surface area contributed by atoms with Gasteiger partial charge in [-0.25, -0.2) is 0 Å². The summed E-state index contributed by atoms with van der Waals surface area (Å²) in [5, 5.41) is 16.9. The molecule has 0 aliphatic carbocycles. The molecule has 2 heterocycles. The minimum absolute atomic E-state index is 0. The van der Waals surface area contributed by atoms with Gasteiger partial charge in [-0.2, -0.15) is 11.3 Å². The van der Waals surface area contributed by atoms with E-state index in [0.717, 1.165) is 6.07 Å². The summed E-state index contributed by atoms with van der Waals surface area (Å²) in [4.78, 5) is 17.5. The van der Waals surface area contributed by atoms with Crippen LogP contribution in [0.4, 0.5) is 8.78 Å². The topological polar surface area (TPSA) is 86.9 Å². The molecule has 3 rings (SSSR count). The quantitative estimate of drug-likeness (QED) is 0.515. The third kappa shape index (κ3) is 5.24. The number of rotatable bonds is 2. The van der Waals surface area contributed by atoms with Gasteiger partial charge in [0.1, 0.15) is 0 Å². The van der Waals surface area contributed by atoms with Crippen LogP contribution in [0, 0.1) is 35.1 Å². The second-order valence-electron chi connectivity index (χ2n) is 4.46. The first-order valence-corrected chi connectivity index (χ1v) is 6.81. The van der Waals surface area contributed by atoms with Crippen LogP contribution in [-0.2, 0) is 20.1 Å². The van der Waals surface area contributed by atoms with Crippen molar-refractivity contribution in [2.24, 2.45) is 0 Å². The zero-order chi connectivity index (χ0) is 18.2. The Hall–Kier alpha value is -3.01. The molecule has 26 heavy (non-hydrogen) atoms. The summed E-state index contributed by atoms with van der Waals surface area (Å²) in [7, 11) is 0. The van der Waals surface area contributed by atoms with Gasteiger partial charge in [0.2, 0.25) is 5.97 Å². The van der Waals surface area contributed by atoms with Gasteiger partial charge in [0.05, 0.1) is 17.7 Å². The van der Waals surface area contributed by atoms with Crippen molar-refractivity contribution in [2.45, 2.75) is 0 Å². The van der Waals surface area contributed by atoms with Crippen LogP contribution in [0.25, 0.3) is 11.3 Å². The van der Waals surface area contributed by atoms with Crippen LogP contribution in [0.5, 0.6) is 0 Å². The SMILES string of the molecule is N#Cc1c(F)c[c-]c(-c2ccccn2)c1F.O=C(O)c1[c-]cccn1.[Ir]. The summed E-state index contributed by atoms with van der Waals surface area (Å²) < 4.78 is 26.7. The molecule has 1 radical (unpaired) electrons. The van der Waals surface area contributed by atoms with Gasteiger partial charge in [-0.15, -0.1) is 24.3 Å². The molecule has 0 amide bonds. The summed E-state index contributed by atoms with van der Waals surface area (Å²) in [6.45, 7) is 0. The van der Waals surface area contributed by atoms with Crippen LogP contribution in [0.15, 0.2) is 48.8 Å². The van der Waals surface area contributed by atoms with Gasteiger partial charge >= 0.3 is 0 Å². The third-order valence-electron chi connectivity index (χ3n) is 2.86. The molecular formula is C18H9F2IrN3O2-2. The van der Waals surface area contributed by atoms with E-state index in [9.17, 15) is 13.6 Å². The number of hydrogen-bond acceptors (Lipinski definition) is 4. The molecule has 0 bridgehead atoms. The smallest absolute Gasteiger partial charge is 0.247 e. The maximum Gasteiger partial charge on any atom is 0.247 e. The summed E-state index contributed by atoms with van der Waals surface area (Å²) in [5.41, 5.74) is -0.341. The van der Waals surface area contributed by atoms with Gasteiger partial charge in [0.15, 0.2) is 0 Å². The van der Waals surface area contributed by atoms with E-state index < -0.39 is 23.2 Å². The van der Waals surface area contributed by atoms with Gasteiger partial charge in [-0.3, -0.25) is 13.8 Å². The van der Waals surface area contributed by atoms with E-state index in [2.05, 4.69) is 22.1 Å². The first-order valence-electron chi connectivity index (χ1n) is 6.81. The predicted molar refractivity (Wildman–Crippen MR) is 83.2 cm³/mol. The van der Waals surface area contributed by atoms with E-state index in [0.29, 0.717) is 5.69 Å². The minimum Gasteiger partial charge on any atom is -0.533 e. The number of benzene rings is 1. The second-order valence-corrected chi connectivity index (χ2v) is 4.46. The monoisotopic (exact) mass is 530 g/mol. The molecule has 5 nitrogen and oxygen atoms in total. The molecule has 1 aromatic carbocycles. The zero-order valence-corrected chi connectivity index (χ0v) is 15.3. The fourth-order valence-corrected chi connectivity index (χ4v) is 1.74. The largest absolute Gasteiger partial charge is 0.533 e. The van der Waals surface area contributed by atoms with Crippen molar-refractivity contribution in [1.82, 2.24) is 9.97 Å². The van der Waals surface area contributed by atoms with Crippen molar-refractivity contribution >= 4 is 5.97 Å². The molecule has 0 spiro atoms. The predicted octanol–water partition coefficient (Wildman–Crippen LogP) is 3.28. The molecule has 0 aliphatic rings. The van der Waals surface area contributed by atoms with Crippen LogP contribution < -0.4 is 0 Å². The number of nitrogens with zero attached hydrogens (tertiary/aromatic N) is 3. The standard InChI is InChI=1S/C12H5F2N2.C6H4NO2.Ir/c13-10-5-4-8(12(14)9(10)7-15)11-3-1-2-6-16-11;8-6(9)5-3-1-2-4-7-5;/h1-3,5-6H;1-2,4H,(H,8,9);/q2*-1;. The normalized spacial score (nSPS) is 9.12. The molecule has 0 saturated carbocycles. The number of carbonyl (C=O) groups is 1. The Morgan fingerprint density at radius 3 is 2.38 bits per heavy atom. The Kier molecular flexibility index (Phi) is 8.16. The van der Waals surface area contributed by atoms with Crippen LogP contribution in [-0.4, -0.2) is 21.0 Å². The van der Waals surface area contributed by atoms with Crippen LogP contribution >= 0.6 is 0 Å². The average Bonchev–Trinajstić information content (AvgIpc) is 2.64. The second kappa shape index (κ2) is 10.1. The van der Waals surface area contributed by atoms with Crippen molar-refractivity contribution in [1.29, 1.82) is 5.26 Å². The number of aromatic carboxylic acids is 1. The molecule has 0 saturated heterocycles. The molecule has 0 fully saturated rings. The molecular weight excluding hydrogens is 520 g/mol. The van der Waals surface area contributed by atoms with E-state index in [4.69, 9.17) is 10.4 Å². The number of nitriles is 1. The first kappa shape index (κ1) is 21.0. The number of hydrogen-bond donors (Lipinski definition) is 1. The summed E-state index contributed by atoms with van der Waals surface area (Å²) >= 11 is 0. The molecule has 2 aromatic heterocycles. The Labute approximate surface area is 161 Å². The fraction of sp³-hybridized carbons (Fsp3) is 0. The van der Waals surface area contributed by atoms with Gasteiger partial charge in [-0.1, -0.05) is 17.7 Å². The summed E-state index contributed by atoms with van der Waals surface area (Å²) in [6.07, 6.45) is 2.90. The zero-order valence-electron chi connectivity index (χ0n) is 12.9. The van der Waals surface area contributed by atoms with Crippen molar-refractivity contribution in [3.05, 3.63) is 83.8 Å². The Morgan fingerprint density at radius 1 is 1.15 bits per heavy atom. The molecule has 133 valence electrons. The van der Waals surface area contributed by atoms with Crippen LogP contribution in [0.1, 0.15) is 16.1 Å². The van der Waals surface area contributed by atoms with E-state index in [1.165, 1.54) is 24.5 Å². The van der Waals surface area contributed by atoms with Crippen molar-refractivity contribution in [2.75, 3.05) is 0 Å². The van der Waals surface area contributed by atoms with Gasteiger partial charge < -0.3 is 14.9 Å². The number of carboxylic acids is 1. The Morgan fingerprint density at radius 2 is 1.88 bits per heavy atom. The molecule has 3 aromatic rings. The fourth-order valence-electron chi connectivity index (χ4n) is 1.74. The van der Waals surface area contributed by atoms with E-state index in [-0.39, 0.29) is 31.4 Å². The Balaban J connectivity index is 0.000000290.